The molecule has 0 saturated heterocycles. The summed E-state index contributed by atoms with van der Waals surface area (Å²) >= 11 is 1.32. The number of hydrogen-bond acceptors (Lipinski definition) is 4. The molecule has 0 amide bonds. The lowest BCUT2D eigenvalue weighted by atomic mass is 10.0. The van der Waals surface area contributed by atoms with Gasteiger partial charge in [0, 0.05) is 13.1 Å². The van der Waals surface area contributed by atoms with Crippen LogP contribution >= 0.6 is 11.3 Å². The smallest absolute Gasteiger partial charge is 0.347 e. The SMILES string of the molecule is CCC(CC)CN(CC)c1nc(C(C)CC)c(C(=O)O)s1. The summed E-state index contributed by atoms with van der Waals surface area (Å²) in [6.07, 6.45) is 3.19. The highest BCUT2D eigenvalue weighted by atomic mass is 32.1. The van der Waals surface area contributed by atoms with Gasteiger partial charge >= 0.3 is 5.97 Å². The van der Waals surface area contributed by atoms with Gasteiger partial charge < -0.3 is 10.0 Å². The Bertz CT molecular complexity index is 455. The first-order valence-corrected chi connectivity index (χ1v) is 8.78. The van der Waals surface area contributed by atoms with Gasteiger partial charge in [0.2, 0.25) is 0 Å². The topological polar surface area (TPSA) is 53.4 Å². The Morgan fingerprint density at radius 3 is 2.29 bits per heavy atom. The third kappa shape index (κ3) is 4.43. The zero-order valence-electron chi connectivity index (χ0n) is 13.8. The molecule has 120 valence electrons. The van der Waals surface area contributed by atoms with E-state index in [0.717, 1.165) is 43.2 Å². The second kappa shape index (κ2) is 8.37. The molecule has 0 aliphatic rings. The van der Waals surface area contributed by atoms with Crippen LogP contribution in [0.1, 0.15) is 75.2 Å². The summed E-state index contributed by atoms with van der Waals surface area (Å²) in [6, 6.07) is 0. The van der Waals surface area contributed by atoms with Crippen LogP contribution in [0.4, 0.5) is 5.13 Å². The Balaban J connectivity index is 3.07. The van der Waals surface area contributed by atoms with Gasteiger partial charge in [0.15, 0.2) is 5.13 Å². The maximum absolute atomic E-state index is 11.5. The highest BCUT2D eigenvalue weighted by Gasteiger charge is 2.23. The van der Waals surface area contributed by atoms with Crippen LogP contribution in [0.5, 0.6) is 0 Å². The van der Waals surface area contributed by atoms with Crippen molar-refractivity contribution in [1.29, 1.82) is 0 Å². The molecule has 21 heavy (non-hydrogen) atoms. The first kappa shape index (κ1) is 18.0. The Hall–Kier alpha value is -1.10. The molecule has 0 bridgehead atoms. The molecule has 1 heterocycles. The van der Waals surface area contributed by atoms with Gasteiger partial charge in [-0.1, -0.05) is 51.9 Å². The molecule has 4 nitrogen and oxygen atoms in total. The molecular weight excluding hydrogens is 284 g/mol. The largest absolute Gasteiger partial charge is 0.477 e. The van der Waals surface area contributed by atoms with E-state index in [1.165, 1.54) is 11.3 Å². The minimum atomic E-state index is -0.854. The van der Waals surface area contributed by atoms with Crippen LogP contribution < -0.4 is 4.90 Å². The number of carboxylic acids is 1. The third-order valence-electron chi connectivity index (χ3n) is 4.20. The molecule has 0 spiro atoms. The Morgan fingerprint density at radius 2 is 1.86 bits per heavy atom. The maximum Gasteiger partial charge on any atom is 0.347 e. The molecule has 0 aliphatic heterocycles. The van der Waals surface area contributed by atoms with Crippen LogP contribution in [0.2, 0.25) is 0 Å². The van der Waals surface area contributed by atoms with Gasteiger partial charge in [-0.15, -0.1) is 0 Å². The lowest BCUT2D eigenvalue weighted by molar-refractivity contribution is 0.0700. The van der Waals surface area contributed by atoms with E-state index in [4.69, 9.17) is 0 Å². The van der Waals surface area contributed by atoms with Crippen molar-refractivity contribution < 1.29 is 9.90 Å². The number of thiazole rings is 1. The number of carboxylic acid groups (broad SMARTS) is 1. The molecule has 1 N–H and O–H groups in total. The van der Waals surface area contributed by atoms with Gasteiger partial charge in [-0.2, -0.15) is 0 Å². The van der Waals surface area contributed by atoms with E-state index < -0.39 is 5.97 Å². The van der Waals surface area contributed by atoms with Crippen molar-refractivity contribution in [3.05, 3.63) is 10.6 Å². The van der Waals surface area contributed by atoms with Gasteiger partial charge in [-0.25, -0.2) is 9.78 Å². The van der Waals surface area contributed by atoms with Crippen molar-refractivity contribution in [1.82, 2.24) is 4.98 Å². The fourth-order valence-corrected chi connectivity index (χ4v) is 3.44. The molecule has 0 fully saturated rings. The number of aromatic carboxylic acids is 1. The van der Waals surface area contributed by atoms with Gasteiger partial charge in [0.25, 0.3) is 0 Å². The average Bonchev–Trinajstić information content (AvgIpc) is 2.93. The van der Waals surface area contributed by atoms with Gasteiger partial charge in [0.05, 0.1) is 5.69 Å². The average molecular weight is 312 g/mol. The van der Waals surface area contributed by atoms with Crippen LogP contribution in [-0.2, 0) is 0 Å². The first-order valence-electron chi connectivity index (χ1n) is 7.97. The van der Waals surface area contributed by atoms with Gasteiger partial charge in [-0.3, -0.25) is 0 Å². The van der Waals surface area contributed by atoms with E-state index in [1.54, 1.807) is 0 Å². The molecule has 0 radical (unpaired) electrons. The minimum absolute atomic E-state index is 0.188. The summed E-state index contributed by atoms with van der Waals surface area (Å²) in [4.78, 5) is 18.7. The maximum atomic E-state index is 11.5. The number of carbonyl (C=O) groups is 1. The van der Waals surface area contributed by atoms with Crippen molar-refractivity contribution in [3.63, 3.8) is 0 Å². The second-order valence-electron chi connectivity index (χ2n) is 5.55. The summed E-state index contributed by atoms with van der Waals surface area (Å²) in [7, 11) is 0. The predicted octanol–water partition coefficient (Wildman–Crippen LogP) is 4.62. The zero-order valence-corrected chi connectivity index (χ0v) is 14.7. The fraction of sp³-hybridized carbons (Fsp3) is 0.750. The van der Waals surface area contributed by atoms with Crippen molar-refractivity contribution in [2.45, 2.75) is 59.8 Å². The van der Waals surface area contributed by atoms with Crippen LogP contribution in [0.15, 0.2) is 0 Å². The quantitative estimate of drug-likeness (QED) is 0.723. The second-order valence-corrected chi connectivity index (χ2v) is 6.52. The number of nitrogens with zero attached hydrogens (tertiary/aromatic N) is 2. The number of anilines is 1. The van der Waals surface area contributed by atoms with E-state index in [-0.39, 0.29) is 5.92 Å². The highest BCUT2D eigenvalue weighted by Crippen LogP contribution is 2.32. The highest BCUT2D eigenvalue weighted by molar-refractivity contribution is 7.17. The van der Waals surface area contributed by atoms with E-state index in [1.807, 2.05) is 6.92 Å². The molecule has 0 saturated carbocycles. The van der Waals surface area contributed by atoms with E-state index >= 15 is 0 Å². The number of rotatable bonds is 9. The van der Waals surface area contributed by atoms with E-state index in [9.17, 15) is 9.90 Å². The van der Waals surface area contributed by atoms with E-state index in [0.29, 0.717) is 10.8 Å². The molecule has 5 heteroatoms. The minimum Gasteiger partial charge on any atom is -0.477 e. The van der Waals surface area contributed by atoms with Crippen LogP contribution in [0.3, 0.4) is 0 Å². The van der Waals surface area contributed by atoms with Crippen LogP contribution in [0.25, 0.3) is 0 Å². The predicted molar refractivity (Wildman–Crippen MR) is 89.7 cm³/mol. The van der Waals surface area contributed by atoms with Gasteiger partial charge in [0.1, 0.15) is 4.88 Å². The van der Waals surface area contributed by atoms with Gasteiger partial charge in [-0.05, 0) is 25.2 Å². The standard InChI is InChI=1S/C16H28N2O2S/c1-6-11(5)13-14(15(19)20)21-16(17-13)18(9-4)10-12(7-2)8-3/h11-12H,6-10H2,1-5H3,(H,19,20). The Kier molecular flexibility index (Phi) is 7.15. The molecule has 0 aliphatic carbocycles. The molecule has 0 aromatic carbocycles. The molecule has 1 aromatic rings. The monoisotopic (exact) mass is 312 g/mol. The zero-order chi connectivity index (χ0) is 16.0. The summed E-state index contributed by atoms with van der Waals surface area (Å²) in [5.41, 5.74) is 0.744. The van der Waals surface area contributed by atoms with Crippen molar-refractivity contribution in [2.75, 3.05) is 18.0 Å². The lowest BCUT2D eigenvalue weighted by Crippen LogP contribution is -2.28. The molecular formula is C16H28N2O2S. The van der Waals surface area contributed by atoms with Crippen molar-refractivity contribution in [3.8, 4) is 0 Å². The molecule has 1 atom stereocenters. The number of aromatic nitrogens is 1. The van der Waals surface area contributed by atoms with Crippen LogP contribution in [-0.4, -0.2) is 29.1 Å². The number of hydrogen-bond donors (Lipinski definition) is 1. The summed E-state index contributed by atoms with van der Waals surface area (Å²) in [6.45, 7) is 12.4. The van der Waals surface area contributed by atoms with Crippen LogP contribution in [0, 0.1) is 5.92 Å². The third-order valence-corrected chi connectivity index (χ3v) is 5.32. The Morgan fingerprint density at radius 1 is 1.24 bits per heavy atom. The van der Waals surface area contributed by atoms with E-state index in [2.05, 4.69) is 37.6 Å². The Labute approximate surface area is 132 Å². The molecule has 1 unspecified atom stereocenters. The molecule has 1 aromatic heterocycles. The lowest BCUT2D eigenvalue weighted by Gasteiger charge is -2.24. The summed E-state index contributed by atoms with van der Waals surface area (Å²) in [5.74, 6) is -0.0326. The first-order chi connectivity index (χ1) is 9.98. The fourth-order valence-electron chi connectivity index (χ4n) is 2.34. The van der Waals surface area contributed by atoms with Crippen molar-refractivity contribution in [2.24, 2.45) is 5.92 Å². The molecule has 1 rings (SSSR count). The van der Waals surface area contributed by atoms with Crippen molar-refractivity contribution >= 4 is 22.4 Å². The summed E-state index contributed by atoms with van der Waals surface area (Å²) < 4.78 is 0. The normalized spacial score (nSPS) is 12.7. The summed E-state index contributed by atoms with van der Waals surface area (Å²) in [5, 5.41) is 10.3.